The summed E-state index contributed by atoms with van der Waals surface area (Å²) in [6.07, 6.45) is 4.30. The highest BCUT2D eigenvalue weighted by molar-refractivity contribution is 7.08. The molecule has 1 aliphatic heterocycles. The largest absolute Gasteiger partial charge is 0.497 e. The lowest BCUT2D eigenvalue weighted by Gasteiger charge is -2.37. The Balaban J connectivity index is 1.42. The fraction of sp³-hybridized carbons (Fsp3) is 0.407. The van der Waals surface area contributed by atoms with Gasteiger partial charge in [-0.25, -0.2) is 0 Å². The molecule has 3 heterocycles. The number of nitrogens with zero attached hydrogens (tertiary/aromatic N) is 2. The number of carboxylic acid groups (broad SMARTS) is 1. The van der Waals surface area contributed by atoms with Crippen LogP contribution < -0.4 is 10.5 Å². The van der Waals surface area contributed by atoms with Crippen LogP contribution in [-0.4, -0.2) is 47.7 Å². The number of carbonyl (C=O) groups is 1. The minimum Gasteiger partial charge on any atom is -0.497 e. The van der Waals surface area contributed by atoms with E-state index in [0.717, 1.165) is 60.1 Å². The van der Waals surface area contributed by atoms with E-state index < -0.39 is 5.97 Å². The van der Waals surface area contributed by atoms with Gasteiger partial charge >= 0.3 is 5.97 Å². The Morgan fingerprint density at radius 2 is 2.26 bits per heavy atom. The average Bonchev–Trinajstić information content (AvgIpc) is 3.36. The first-order chi connectivity index (χ1) is 16.9. The Kier molecular flexibility index (Phi) is 8.64. The summed E-state index contributed by atoms with van der Waals surface area (Å²) >= 11 is 8.17. The maximum atomic E-state index is 11.6. The van der Waals surface area contributed by atoms with Gasteiger partial charge in [0.05, 0.1) is 24.2 Å². The van der Waals surface area contributed by atoms with Crippen LogP contribution in [0.3, 0.4) is 0 Å². The van der Waals surface area contributed by atoms with E-state index in [1.165, 1.54) is 0 Å². The molecule has 4 rings (SSSR count). The van der Waals surface area contributed by atoms with Crippen LogP contribution in [0.5, 0.6) is 5.75 Å². The van der Waals surface area contributed by atoms with Gasteiger partial charge in [-0.15, -0.1) is 0 Å². The molecule has 3 aromatic rings. The SMILES string of the molecule is COc1ccc2ncc(Cl)c([C@@H](N)CC[C@@H]3CCN(CC#Cc4ccsc4)C[C@@H]3CC(=O)O)c2c1. The van der Waals surface area contributed by atoms with Crippen molar-refractivity contribution in [3.05, 3.63) is 57.4 Å². The first kappa shape index (κ1) is 25.5. The van der Waals surface area contributed by atoms with Crippen LogP contribution in [0.1, 0.15) is 42.9 Å². The maximum absolute atomic E-state index is 11.6. The van der Waals surface area contributed by atoms with E-state index in [2.05, 4.69) is 21.7 Å². The van der Waals surface area contributed by atoms with Gasteiger partial charge < -0.3 is 15.6 Å². The second-order valence-electron chi connectivity index (χ2n) is 9.04. The van der Waals surface area contributed by atoms with Crippen LogP contribution in [0, 0.1) is 23.7 Å². The lowest BCUT2D eigenvalue weighted by Crippen LogP contribution is -2.41. The third kappa shape index (κ3) is 6.53. The zero-order valence-electron chi connectivity index (χ0n) is 19.7. The summed E-state index contributed by atoms with van der Waals surface area (Å²) in [5.41, 5.74) is 9.38. The minimum absolute atomic E-state index is 0.0705. The molecule has 2 aromatic heterocycles. The molecule has 1 fully saturated rings. The summed E-state index contributed by atoms with van der Waals surface area (Å²) in [4.78, 5) is 18.3. The number of thiophene rings is 1. The predicted molar refractivity (Wildman–Crippen MR) is 141 cm³/mol. The fourth-order valence-corrected chi connectivity index (χ4v) is 5.81. The number of aliphatic carboxylic acids is 1. The molecule has 1 aliphatic rings. The Labute approximate surface area is 215 Å². The molecule has 0 unspecified atom stereocenters. The number of hydrogen-bond acceptors (Lipinski definition) is 6. The number of pyridine rings is 1. The first-order valence-electron chi connectivity index (χ1n) is 11.8. The second kappa shape index (κ2) is 11.9. The zero-order chi connectivity index (χ0) is 24.8. The molecule has 0 bridgehead atoms. The molecule has 3 atom stereocenters. The lowest BCUT2D eigenvalue weighted by molar-refractivity contribution is -0.139. The highest BCUT2D eigenvalue weighted by Crippen LogP contribution is 2.36. The van der Waals surface area contributed by atoms with Crippen molar-refractivity contribution in [1.82, 2.24) is 9.88 Å². The number of piperidine rings is 1. The molecule has 3 N–H and O–H groups in total. The molecule has 6 nitrogen and oxygen atoms in total. The highest BCUT2D eigenvalue weighted by Gasteiger charge is 2.31. The zero-order valence-corrected chi connectivity index (χ0v) is 21.3. The van der Waals surface area contributed by atoms with E-state index in [9.17, 15) is 9.90 Å². The van der Waals surface area contributed by atoms with E-state index in [0.29, 0.717) is 17.5 Å². The number of likely N-dealkylation sites (tertiary alicyclic amines) is 1. The van der Waals surface area contributed by atoms with Crippen LogP contribution in [-0.2, 0) is 4.79 Å². The van der Waals surface area contributed by atoms with Crippen molar-refractivity contribution >= 4 is 39.8 Å². The fourth-order valence-electron chi connectivity index (χ4n) is 4.93. The molecular formula is C27H30ClN3O3S. The topological polar surface area (TPSA) is 88.7 Å². The van der Waals surface area contributed by atoms with Gasteiger partial charge in [0.25, 0.3) is 0 Å². The number of carboxylic acids is 1. The van der Waals surface area contributed by atoms with Crippen LogP contribution >= 0.6 is 22.9 Å². The summed E-state index contributed by atoms with van der Waals surface area (Å²) < 4.78 is 5.38. The molecule has 184 valence electrons. The number of methoxy groups -OCH3 is 1. The monoisotopic (exact) mass is 511 g/mol. The van der Waals surface area contributed by atoms with E-state index in [-0.39, 0.29) is 18.4 Å². The predicted octanol–water partition coefficient (Wildman–Crippen LogP) is 5.20. The van der Waals surface area contributed by atoms with Crippen LogP contribution in [0.4, 0.5) is 0 Å². The van der Waals surface area contributed by atoms with E-state index in [1.54, 1.807) is 24.6 Å². The number of benzene rings is 1. The Hall–Kier alpha value is -2.63. The highest BCUT2D eigenvalue weighted by atomic mass is 35.5. The van der Waals surface area contributed by atoms with Crippen molar-refractivity contribution in [3.8, 4) is 17.6 Å². The van der Waals surface area contributed by atoms with Gasteiger partial charge in [-0.3, -0.25) is 14.7 Å². The number of ether oxygens (including phenoxy) is 1. The Morgan fingerprint density at radius 3 is 3.00 bits per heavy atom. The Bertz CT molecular complexity index is 1220. The molecule has 35 heavy (non-hydrogen) atoms. The molecule has 1 aromatic carbocycles. The van der Waals surface area contributed by atoms with Gasteiger partial charge in [0.2, 0.25) is 0 Å². The van der Waals surface area contributed by atoms with Crippen molar-refractivity contribution in [2.24, 2.45) is 17.6 Å². The number of aromatic nitrogens is 1. The maximum Gasteiger partial charge on any atom is 0.303 e. The average molecular weight is 512 g/mol. The van der Waals surface area contributed by atoms with Gasteiger partial charge in [0.15, 0.2) is 0 Å². The molecule has 0 amide bonds. The summed E-state index contributed by atoms with van der Waals surface area (Å²) in [6.45, 7) is 2.30. The molecule has 1 saturated heterocycles. The van der Waals surface area contributed by atoms with Crippen LogP contribution in [0.25, 0.3) is 10.9 Å². The van der Waals surface area contributed by atoms with Gasteiger partial charge in [-0.05, 0) is 72.9 Å². The van der Waals surface area contributed by atoms with Gasteiger partial charge in [0, 0.05) is 41.5 Å². The number of rotatable bonds is 8. The number of hydrogen-bond donors (Lipinski definition) is 2. The van der Waals surface area contributed by atoms with Crippen molar-refractivity contribution in [1.29, 1.82) is 0 Å². The summed E-state index contributed by atoms with van der Waals surface area (Å²) in [5.74, 6) is 6.75. The lowest BCUT2D eigenvalue weighted by atomic mass is 9.79. The van der Waals surface area contributed by atoms with Crippen molar-refractivity contribution in [3.63, 3.8) is 0 Å². The van der Waals surface area contributed by atoms with Gasteiger partial charge in [-0.1, -0.05) is 23.4 Å². The smallest absolute Gasteiger partial charge is 0.303 e. The first-order valence-corrected chi connectivity index (χ1v) is 13.1. The standard InChI is InChI=1S/C27H30ClN3O3S/c1-34-21-5-7-25-22(14-21)27(23(28)15-30-25)24(29)6-4-19-8-11-31(16-20(19)13-26(32)33)10-2-3-18-9-12-35-17-18/h5,7,9,12,14-15,17,19-20,24H,4,6,8,10-11,13,16,29H2,1H3,(H,32,33)/t19-,20+,24+/m1/s1. The third-order valence-corrected chi connectivity index (χ3v) is 7.74. The summed E-state index contributed by atoms with van der Waals surface area (Å²) in [5, 5.41) is 15.0. The molecule has 0 radical (unpaired) electrons. The molecule has 0 aliphatic carbocycles. The van der Waals surface area contributed by atoms with E-state index in [1.807, 2.05) is 35.0 Å². The summed E-state index contributed by atoms with van der Waals surface area (Å²) in [7, 11) is 1.63. The quantitative estimate of drug-likeness (QED) is 0.404. The minimum atomic E-state index is -0.759. The number of nitrogens with two attached hydrogens (primary N) is 1. The van der Waals surface area contributed by atoms with Crippen molar-refractivity contribution in [2.45, 2.75) is 31.7 Å². The molecule has 8 heteroatoms. The Morgan fingerprint density at radius 1 is 1.40 bits per heavy atom. The molecule has 0 spiro atoms. The third-order valence-electron chi connectivity index (χ3n) is 6.76. The number of fused-ring (bicyclic) bond motifs is 1. The van der Waals surface area contributed by atoms with Gasteiger partial charge in [-0.2, -0.15) is 11.3 Å². The van der Waals surface area contributed by atoms with Crippen molar-refractivity contribution in [2.75, 3.05) is 26.7 Å². The van der Waals surface area contributed by atoms with Gasteiger partial charge in [0.1, 0.15) is 5.75 Å². The van der Waals surface area contributed by atoms with Crippen molar-refractivity contribution < 1.29 is 14.6 Å². The van der Waals surface area contributed by atoms with E-state index >= 15 is 0 Å². The van der Waals surface area contributed by atoms with Crippen LogP contribution in [0.15, 0.2) is 41.2 Å². The number of halogens is 1. The van der Waals surface area contributed by atoms with E-state index in [4.69, 9.17) is 22.1 Å². The normalized spacial score (nSPS) is 19.2. The molecule has 0 saturated carbocycles. The van der Waals surface area contributed by atoms with Crippen LogP contribution in [0.2, 0.25) is 5.02 Å². The molecular weight excluding hydrogens is 482 g/mol. The second-order valence-corrected chi connectivity index (χ2v) is 10.2. The summed E-state index contributed by atoms with van der Waals surface area (Å²) in [6, 6.07) is 7.43.